The maximum Gasteiger partial charge on any atom is 0.230 e. The first kappa shape index (κ1) is 16.9. The molecule has 0 atom stereocenters. The second kappa shape index (κ2) is 7.76. The van der Waals surface area contributed by atoms with Crippen molar-refractivity contribution in [3.63, 3.8) is 0 Å². The maximum absolute atomic E-state index is 14.1. The third-order valence-electron chi connectivity index (χ3n) is 3.65. The number of ether oxygens (including phenoxy) is 1. The molecule has 0 radical (unpaired) electrons. The molecule has 1 aromatic heterocycles. The maximum atomic E-state index is 14.1. The zero-order chi connectivity index (χ0) is 16.9. The summed E-state index contributed by atoms with van der Waals surface area (Å²) in [7, 11) is 1.59. The third kappa shape index (κ3) is 3.93. The molecule has 0 bridgehead atoms. The van der Waals surface area contributed by atoms with Crippen LogP contribution in [0.1, 0.15) is 18.9 Å². The minimum atomic E-state index is -0.319. The minimum Gasteiger partial charge on any atom is -0.383 e. The van der Waals surface area contributed by atoms with Gasteiger partial charge in [-0.1, -0.05) is 23.9 Å². The number of amides is 1. The molecule has 0 unspecified atom stereocenters. The van der Waals surface area contributed by atoms with Crippen molar-refractivity contribution in [2.45, 2.75) is 24.0 Å². The predicted octanol–water partition coefficient (Wildman–Crippen LogP) is 2.27. The predicted molar refractivity (Wildman–Crippen MR) is 89.3 cm³/mol. The number of hydrogen-bond acceptors (Lipinski definition) is 5. The van der Waals surface area contributed by atoms with Gasteiger partial charge >= 0.3 is 0 Å². The molecule has 24 heavy (non-hydrogen) atoms. The van der Waals surface area contributed by atoms with Gasteiger partial charge in [-0.25, -0.2) is 4.39 Å². The quantitative estimate of drug-likeness (QED) is 0.584. The zero-order valence-corrected chi connectivity index (χ0v) is 14.2. The van der Waals surface area contributed by atoms with Gasteiger partial charge in [0.05, 0.1) is 17.9 Å². The molecule has 0 aliphatic heterocycles. The first-order valence-corrected chi connectivity index (χ1v) is 8.77. The number of halogens is 1. The lowest BCUT2D eigenvalue weighted by Gasteiger charge is -2.09. The van der Waals surface area contributed by atoms with Gasteiger partial charge in [-0.15, -0.1) is 10.2 Å². The van der Waals surface area contributed by atoms with Crippen molar-refractivity contribution in [1.29, 1.82) is 0 Å². The van der Waals surface area contributed by atoms with Crippen molar-refractivity contribution in [2.75, 3.05) is 26.0 Å². The van der Waals surface area contributed by atoms with Gasteiger partial charge < -0.3 is 10.1 Å². The molecule has 1 aliphatic rings. The van der Waals surface area contributed by atoms with E-state index in [0.717, 1.165) is 12.8 Å². The molecule has 1 saturated carbocycles. The molecule has 1 amide bonds. The zero-order valence-electron chi connectivity index (χ0n) is 13.4. The van der Waals surface area contributed by atoms with Gasteiger partial charge in [0, 0.05) is 19.7 Å². The Morgan fingerprint density at radius 3 is 2.92 bits per heavy atom. The number of carbonyl (C=O) groups excluding carboxylic acids is 1. The summed E-state index contributed by atoms with van der Waals surface area (Å²) in [4.78, 5) is 11.8. The van der Waals surface area contributed by atoms with E-state index in [0.29, 0.717) is 29.7 Å². The number of benzene rings is 1. The Bertz CT molecular complexity index is 718. The van der Waals surface area contributed by atoms with E-state index in [-0.39, 0.29) is 23.5 Å². The van der Waals surface area contributed by atoms with Crippen LogP contribution < -0.4 is 5.32 Å². The molecule has 128 valence electrons. The number of aromatic nitrogens is 3. The Morgan fingerprint density at radius 2 is 2.21 bits per heavy atom. The van der Waals surface area contributed by atoms with Crippen LogP contribution in [0, 0.1) is 5.82 Å². The van der Waals surface area contributed by atoms with Gasteiger partial charge in [-0.05, 0) is 25.0 Å². The monoisotopic (exact) mass is 350 g/mol. The Kier molecular flexibility index (Phi) is 5.47. The molecular formula is C16H19FN4O2S. The van der Waals surface area contributed by atoms with Crippen LogP contribution in [0.4, 0.5) is 4.39 Å². The van der Waals surface area contributed by atoms with E-state index < -0.39 is 0 Å². The van der Waals surface area contributed by atoms with Crippen LogP contribution in [0.2, 0.25) is 0 Å². The molecule has 2 aromatic rings. The number of carbonyl (C=O) groups is 1. The largest absolute Gasteiger partial charge is 0.383 e. The van der Waals surface area contributed by atoms with Gasteiger partial charge in [0.2, 0.25) is 5.91 Å². The SMILES string of the molecule is COCCNC(=O)CSc1nnc(-c2ccccc2F)n1C1CC1. The number of rotatable bonds is 8. The highest BCUT2D eigenvalue weighted by atomic mass is 32.2. The highest BCUT2D eigenvalue weighted by molar-refractivity contribution is 7.99. The first-order valence-electron chi connectivity index (χ1n) is 7.79. The lowest BCUT2D eigenvalue weighted by atomic mass is 10.2. The van der Waals surface area contributed by atoms with E-state index >= 15 is 0 Å². The summed E-state index contributed by atoms with van der Waals surface area (Å²) in [5.74, 6) is 0.361. The van der Waals surface area contributed by atoms with Crippen molar-refractivity contribution < 1.29 is 13.9 Å². The molecule has 1 aliphatic carbocycles. The molecule has 3 rings (SSSR count). The molecular weight excluding hydrogens is 331 g/mol. The van der Waals surface area contributed by atoms with E-state index in [1.54, 1.807) is 25.3 Å². The van der Waals surface area contributed by atoms with Gasteiger partial charge in [0.1, 0.15) is 5.82 Å². The summed E-state index contributed by atoms with van der Waals surface area (Å²) in [5, 5.41) is 11.7. The van der Waals surface area contributed by atoms with Crippen molar-refractivity contribution >= 4 is 17.7 Å². The Labute approximate surface area is 143 Å². The van der Waals surface area contributed by atoms with Crippen LogP contribution in [-0.4, -0.2) is 46.7 Å². The summed E-state index contributed by atoms with van der Waals surface area (Å²) in [5.41, 5.74) is 0.438. The molecule has 6 nitrogen and oxygen atoms in total. The van der Waals surface area contributed by atoms with Gasteiger partial charge in [0.25, 0.3) is 0 Å². The van der Waals surface area contributed by atoms with E-state index in [4.69, 9.17) is 4.74 Å². The number of thioether (sulfide) groups is 1. The second-order valence-corrected chi connectivity index (χ2v) is 6.46. The van der Waals surface area contributed by atoms with Crippen LogP contribution in [0.15, 0.2) is 29.4 Å². The third-order valence-corrected chi connectivity index (χ3v) is 4.60. The Balaban J connectivity index is 1.73. The van der Waals surface area contributed by atoms with Crippen molar-refractivity contribution in [3.05, 3.63) is 30.1 Å². The topological polar surface area (TPSA) is 69.0 Å². The summed E-state index contributed by atoms with van der Waals surface area (Å²) in [6, 6.07) is 6.83. The second-order valence-electron chi connectivity index (χ2n) is 5.52. The number of hydrogen-bond donors (Lipinski definition) is 1. The summed E-state index contributed by atoms with van der Waals surface area (Å²) in [6.07, 6.45) is 2.04. The van der Waals surface area contributed by atoms with Crippen molar-refractivity contribution in [1.82, 2.24) is 20.1 Å². The minimum absolute atomic E-state index is 0.0881. The van der Waals surface area contributed by atoms with E-state index in [1.807, 2.05) is 4.57 Å². The Morgan fingerprint density at radius 1 is 1.42 bits per heavy atom. The molecule has 1 aromatic carbocycles. The average Bonchev–Trinajstić information content (AvgIpc) is 3.33. The van der Waals surface area contributed by atoms with Gasteiger partial charge in [0.15, 0.2) is 11.0 Å². The summed E-state index contributed by atoms with van der Waals surface area (Å²) < 4.78 is 20.9. The normalized spacial score (nSPS) is 13.9. The first-order chi connectivity index (χ1) is 11.7. The van der Waals surface area contributed by atoms with Gasteiger partial charge in [-0.3, -0.25) is 9.36 Å². The molecule has 1 fully saturated rings. The van der Waals surface area contributed by atoms with Crippen LogP contribution in [0.5, 0.6) is 0 Å². The highest BCUT2D eigenvalue weighted by Crippen LogP contribution is 2.41. The van der Waals surface area contributed by atoms with Crippen LogP contribution in [0.3, 0.4) is 0 Å². The van der Waals surface area contributed by atoms with E-state index in [9.17, 15) is 9.18 Å². The molecule has 0 saturated heterocycles. The van der Waals surface area contributed by atoms with E-state index in [1.165, 1.54) is 17.8 Å². The molecule has 8 heteroatoms. The smallest absolute Gasteiger partial charge is 0.230 e. The number of nitrogens with zero attached hydrogens (tertiary/aromatic N) is 3. The van der Waals surface area contributed by atoms with Crippen LogP contribution in [-0.2, 0) is 9.53 Å². The molecule has 1 N–H and O–H groups in total. The standard InChI is InChI=1S/C16H19FN4O2S/c1-23-9-8-18-14(22)10-24-16-20-19-15(21(16)11-6-7-11)12-4-2-3-5-13(12)17/h2-5,11H,6-10H2,1H3,(H,18,22). The van der Waals surface area contributed by atoms with Gasteiger partial charge in [-0.2, -0.15) is 0 Å². The fourth-order valence-corrected chi connectivity index (χ4v) is 3.17. The number of methoxy groups -OCH3 is 1. The highest BCUT2D eigenvalue weighted by Gasteiger charge is 2.31. The molecule has 0 spiro atoms. The summed E-state index contributed by atoms with van der Waals surface area (Å²) >= 11 is 1.32. The lowest BCUT2D eigenvalue weighted by Crippen LogP contribution is -2.28. The average molecular weight is 350 g/mol. The van der Waals surface area contributed by atoms with Crippen LogP contribution >= 0.6 is 11.8 Å². The van der Waals surface area contributed by atoms with E-state index in [2.05, 4.69) is 15.5 Å². The fraction of sp³-hybridized carbons (Fsp3) is 0.438. The lowest BCUT2D eigenvalue weighted by molar-refractivity contribution is -0.118. The number of nitrogens with one attached hydrogen (secondary N) is 1. The van der Waals surface area contributed by atoms with Crippen LogP contribution in [0.25, 0.3) is 11.4 Å². The molecule has 1 heterocycles. The Hall–Kier alpha value is -1.93. The van der Waals surface area contributed by atoms with Crippen molar-refractivity contribution in [2.24, 2.45) is 0 Å². The fourth-order valence-electron chi connectivity index (χ4n) is 2.34. The van der Waals surface area contributed by atoms with Crippen molar-refractivity contribution in [3.8, 4) is 11.4 Å². The summed E-state index contributed by atoms with van der Waals surface area (Å²) in [6.45, 7) is 0.956.